The Balaban J connectivity index is 2.24. The minimum atomic E-state index is -0.456. The van der Waals surface area contributed by atoms with Crippen molar-refractivity contribution in [2.45, 2.75) is 32.8 Å². The molecule has 1 aliphatic heterocycles. The summed E-state index contributed by atoms with van der Waals surface area (Å²) in [5.41, 5.74) is 5.99. The maximum atomic E-state index is 11.3. The van der Waals surface area contributed by atoms with Gasteiger partial charge in [0.2, 0.25) is 0 Å². The summed E-state index contributed by atoms with van der Waals surface area (Å²) in [6.45, 7) is 5.51. The Morgan fingerprint density at radius 3 is 2.80 bits per heavy atom. The smallest absolute Gasteiger partial charge is 0.426 e. The predicted octanol–water partition coefficient (Wildman–Crippen LogP) is 2.04. The zero-order valence-corrected chi connectivity index (χ0v) is 10.2. The molecular weight excluding hydrogens is 212 g/mol. The number of rotatable bonds is 2. The van der Waals surface area contributed by atoms with Gasteiger partial charge in [-0.05, 0) is 32.9 Å². The van der Waals surface area contributed by atoms with Gasteiger partial charge in [-0.1, -0.05) is 6.08 Å². The Kier molecular flexibility index (Phi) is 4.32. The van der Waals surface area contributed by atoms with Crippen LogP contribution in [0.5, 0.6) is 0 Å². The maximum absolute atomic E-state index is 11.3. The number of amides is 1. The molecule has 1 aliphatic rings. The molecule has 86 valence electrons. The summed E-state index contributed by atoms with van der Waals surface area (Å²) in [5.74, 6) is 2.09. The van der Waals surface area contributed by atoms with Gasteiger partial charge in [0.15, 0.2) is 0 Å². The highest BCUT2D eigenvalue weighted by molar-refractivity contribution is 7.99. The average Bonchev–Trinajstić information content (AvgIpc) is 2.14. The van der Waals surface area contributed by atoms with Crippen LogP contribution in [0, 0.1) is 0 Å². The Morgan fingerprint density at radius 2 is 2.27 bits per heavy atom. The van der Waals surface area contributed by atoms with Crippen molar-refractivity contribution in [1.29, 1.82) is 0 Å². The van der Waals surface area contributed by atoms with Gasteiger partial charge in [0.1, 0.15) is 5.60 Å². The van der Waals surface area contributed by atoms with Gasteiger partial charge in [0, 0.05) is 11.4 Å². The van der Waals surface area contributed by atoms with Crippen LogP contribution >= 0.6 is 11.8 Å². The third-order valence-corrected chi connectivity index (χ3v) is 2.58. The van der Waals surface area contributed by atoms with E-state index in [1.54, 1.807) is 0 Å². The summed E-state index contributed by atoms with van der Waals surface area (Å²) >= 11 is 1.88. The number of hydrazine groups is 1. The van der Waals surface area contributed by atoms with E-state index in [0.717, 1.165) is 23.6 Å². The van der Waals surface area contributed by atoms with Crippen LogP contribution in [0.25, 0.3) is 0 Å². The van der Waals surface area contributed by atoms with Crippen molar-refractivity contribution in [3.8, 4) is 0 Å². The van der Waals surface area contributed by atoms with E-state index in [4.69, 9.17) is 4.74 Å². The molecule has 0 atom stereocenters. The molecule has 0 fully saturated rings. The molecule has 0 radical (unpaired) electrons. The van der Waals surface area contributed by atoms with Crippen LogP contribution in [0.4, 0.5) is 4.79 Å². The molecule has 0 aromatic carbocycles. The van der Waals surface area contributed by atoms with E-state index in [2.05, 4.69) is 16.9 Å². The molecule has 0 aromatic heterocycles. The number of hydrogen-bond donors (Lipinski definition) is 2. The third-order valence-electron chi connectivity index (χ3n) is 1.69. The first-order chi connectivity index (χ1) is 6.97. The highest BCUT2D eigenvalue weighted by atomic mass is 32.2. The summed E-state index contributed by atoms with van der Waals surface area (Å²) in [6.07, 6.45) is 2.59. The lowest BCUT2D eigenvalue weighted by Gasteiger charge is -2.21. The topological polar surface area (TPSA) is 50.4 Å². The first-order valence-corrected chi connectivity index (χ1v) is 6.14. The van der Waals surface area contributed by atoms with Gasteiger partial charge in [0.25, 0.3) is 0 Å². The fraction of sp³-hybridized carbons (Fsp3) is 0.700. The average molecular weight is 230 g/mol. The van der Waals surface area contributed by atoms with Crippen molar-refractivity contribution in [2.24, 2.45) is 0 Å². The fourth-order valence-corrected chi connectivity index (χ4v) is 1.93. The van der Waals surface area contributed by atoms with Gasteiger partial charge < -0.3 is 10.2 Å². The van der Waals surface area contributed by atoms with E-state index < -0.39 is 11.7 Å². The number of nitrogens with one attached hydrogen (secondary N) is 2. The largest absolute Gasteiger partial charge is 0.443 e. The minimum absolute atomic E-state index is 0.443. The highest BCUT2D eigenvalue weighted by Crippen LogP contribution is 2.14. The zero-order chi connectivity index (χ0) is 11.3. The second-order valence-corrected chi connectivity index (χ2v) is 5.46. The van der Waals surface area contributed by atoms with E-state index in [1.165, 1.54) is 0 Å². The monoisotopic (exact) mass is 230 g/mol. The fourth-order valence-electron chi connectivity index (χ4n) is 1.08. The van der Waals surface area contributed by atoms with Crippen LogP contribution in [0.1, 0.15) is 27.2 Å². The molecule has 5 heteroatoms. The lowest BCUT2D eigenvalue weighted by Crippen LogP contribution is -2.41. The Bertz CT molecular complexity index is 259. The van der Waals surface area contributed by atoms with Crippen LogP contribution in [0.2, 0.25) is 0 Å². The molecule has 15 heavy (non-hydrogen) atoms. The predicted molar refractivity (Wildman–Crippen MR) is 62.5 cm³/mol. The van der Waals surface area contributed by atoms with Gasteiger partial charge >= 0.3 is 6.09 Å². The molecule has 0 bridgehead atoms. The molecule has 4 nitrogen and oxygen atoms in total. The van der Waals surface area contributed by atoms with Crippen molar-refractivity contribution in [1.82, 2.24) is 10.9 Å². The number of carbonyl (C=O) groups excluding carboxylic acids is 1. The number of thioether (sulfide) groups is 1. The summed E-state index contributed by atoms with van der Waals surface area (Å²) in [7, 11) is 0. The zero-order valence-electron chi connectivity index (χ0n) is 9.42. The van der Waals surface area contributed by atoms with Gasteiger partial charge in [-0.2, -0.15) is 11.8 Å². The number of hydrogen-bond acceptors (Lipinski definition) is 4. The molecule has 0 spiro atoms. The van der Waals surface area contributed by atoms with Crippen LogP contribution in [-0.4, -0.2) is 23.2 Å². The van der Waals surface area contributed by atoms with Crippen molar-refractivity contribution in [2.75, 3.05) is 11.5 Å². The third kappa shape index (κ3) is 5.57. The molecule has 0 aromatic rings. The number of allylic oxidation sites excluding steroid dienone is 1. The lowest BCUT2D eigenvalue weighted by atomic mass is 10.2. The van der Waals surface area contributed by atoms with Gasteiger partial charge in [0.05, 0.1) is 0 Å². The van der Waals surface area contributed by atoms with Crippen molar-refractivity contribution >= 4 is 17.9 Å². The number of carbonyl (C=O) groups is 1. The molecule has 0 saturated heterocycles. The Hall–Kier alpha value is -0.840. The van der Waals surface area contributed by atoms with Gasteiger partial charge in [-0.3, -0.25) is 0 Å². The Labute approximate surface area is 94.8 Å². The summed E-state index contributed by atoms with van der Waals surface area (Å²) < 4.78 is 5.08. The van der Waals surface area contributed by atoms with Crippen molar-refractivity contribution < 1.29 is 9.53 Å². The van der Waals surface area contributed by atoms with E-state index in [0.29, 0.717) is 0 Å². The molecule has 0 unspecified atom stereocenters. The molecule has 0 saturated carbocycles. The molecule has 1 heterocycles. The molecule has 2 N–H and O–H groups in total. The summed E-state index contributed by atoms with van der Waals surface area (Å²) in [4.78, 5) is 11.3. The van der Waals surface area contributed by atoms with Crippen LogP contribution < -0.4 is 10.9 Å². The molecule has 1 rings (SSSR count). The normalized spacial score (nSPS) is 16.6. The van der Waals surface area contributed by atoms with E-state index in [9.17, 15) is 4.79 Å². The maximum Gasteiger partial charge on any atom is 0.426 e. The second-order valence-electron chi connectivity index (χ2n) is 4.31. The minimum Gasteiger partial charge on any atom is -0.443 e. The van der Waals surface area contributed by atoms with E-state index in [1.807, 2.05) is 32.5 Å². The standard InChI is InChI=1S/C10H18N2O2S/c1-10(2,3)14-9(13)12-11-8-4-6-15-7-5-8/h4,11H,5-7H2,1-3H3,(H,12,13). The van der Waals surface area contributed by atoms with Gasteiger partial charge in [-0.25, -0.2) is 10.2 Å². The summed E-state index contributed by atoms with van der Waals surface area (Å²) in [5, 5.41) is 0. The molecular formula is C10H18N2O2S. The lowest BCUT2D eigenvalue weighted by molar-refractivity contribution is 0.0505. The second kappa shape index (κ2) is 5.30. The first kappa shape index (κ1) is 12.2. The molecule has 0 aliphatic carbocycles. The van der Waals surface area contributed by atoms with Crippen molar-refractivity contribution in [3.05, 3.63) is 11.8 Å². The van der Waals surface area contributed by atoms with E-state index >= 15 is 0 Å². The van der Waals surface area contributed by atoms with Crippen molar-refractivity contribution in [3.63, 3.8) is 0 Å². The van der Waals surface area contributed by atoms with Crippen LogP contribution in [0.3, 0.4) is 0 Å². The Morgan fingerprint density at radius 1 is 1.53 bits per heavy atom. The number of ether oxygens (including phenoxy) is 1. The molecule has 1 amide bonds. The van der Waals surface area contributed by atoms with Gasteiger partial charge in [-0.15, -0.1) is 0 Å². The van der Waals surface area contributed by atoms with Crippen LogP contribution in [0.15, 0.2) is 11.8 Å². The quantitative estimate of drug-likeness (QED) is 0.713. The van der Waals surface area contributed by atoms with Crippen LogP contribution in [-0.2, 0) is 4.74 Å². The first-order valence-electron chi connectivity index (χ1n) is 4.99. The summed E-state index contributed by atoms with van der Waals surface area (Å²) in [6, 6.07) is 0. The van der Waals surface area contributed by atoms with E-state index in [-0.39, 0.29) is 0 Å². The SMILES string of the molecule is CC(C)(C)OC(=O)NNC1=CCSCC1. The highest BCUT2D eigenvalue weighted by Gasteiger charge is 2.16.